The number of H-pyrrole nitrogens is 1. The van der Waals surface area contributed by atoms with Crippen molar-refractivity contribution >= 4 is 38.8 Å². The van der Waals surface area contributed by atoms with Crippen LogP contribution in [-0.2, 0) is 0 Å². The molecule has 0 amide bonds. The molecular formula is C11H6ClNO2. The average molecular weight is 220 g/mol. The van der Waals surface area contributed by atoms with Crippen LogP contribution < -0.4 is 0 Å². The summed E-state index contributed by atoms with van der Waals surface area (Å²) in [5.41, 5.74) is 2.45. The largest absolute Gasteiger partial charge is 0.449 e. The molecule has 0 aliphatic heterocycles. The maximum absolute atomic E-state index is 10.9. The number of benzene rings is 1. The molecule has 1 aromatic carbocycles. The number of halogens is 1. The van der Waals surface area contributed by atoms with Gasteiger partial charge in [0.1, 0.15) is 0 Å². The predicted octanol–water partition coefficient (Wildman–Crippen LogP) is 3.29. The minimum atomic E-state index is -0.580. The van der Waals surface area contributed by atoms with Crippen LogP contribution in [0, 0.1) is 0 Å². The first kappa shape index (κ1) is 8.56. The zero-order chi connectivity index (χ0) is 10.4. The van der Waals surface area contributed by atoms with Crippen LogP contribution in [0.3, 0.4) is 0 Å². The fraction of sp³-hybridized carbons (Fsp3) is 0. The first-order chi connectivity index (χ1) is 7.25. The number of hydrogen-bond donors (Lipinski definition) is 1. The zero-order valence-corrected chi connectivity index (χ0v) is 8.34. The number of rotatable bonds is 1. The van der Waals surface area contributed by atoms with E-state index in [1.54, 1.807) is 6.07 Å². The highest BCUT2D eigenvalue weighted by Crippen LogP contribution is 2.28. The van der Waals surface area contributed by atoms with Gasteiger partial charge in [-0.15, -0.1) is 0 Å². The number of aromatic nitrogens is 1. The Bertz CT molecular complexity index is 665. The highest BCUT2D eigenvalue weighted by atomic mass is 35.5. The van der Waals surface area contributed by atoms with Crippen molar-refractivity contribution in [2.24, 2.45) is 0 Å². The molecule has 0 unspecified atom stereocenters. The Morgan fingerprint density at radius 1 is 1.27 bits per heavy atom. The lowest BCUT2D eigenvalue weighted by Gasteiger charge is -1.87. The second-order valence-electron chi connectivity index (χ2n) is 3.30. The van der Waals surface area contributed by atoms with E-state index in [1.807, 2.05) is 24.3 Å². The molecule has 4 heteroatoms. The van der Waals surface area contributed by atoms with Crippen LogP contribution in [0.25, 0.3) is 22.0 Å². The molecular weight excluding hydrogens is 214 g/mol. The first-order valence-electron chi connectivity index (χ1n) is 4.46. The molecule has 0 saturated heterocycles. The predicted molar refractivity (Wildman–Crippen MR) is 58.3 cm³/mol. The van der Waals surface area contributed by atoms with Gasteiger partial charge in [0, 0.05) is 17.0 Å². The Morgan fingerprint density at radius 2 is 2.07 bits per heavy atom. The maximum atomic E-state index is 10.9. The first-order valence-corrected chi connectivity index (χ1v) is 4.83. The van der Waals surface area contributed by atoms with Crippen molar-refractivity contribution < 1.29 is 9.21 Å². The van der Waals surface area contributed by atoms with Gasteiger partial charge in [-0.2, -0.15) is 0 Å². The third-order valence-corrected chi connectivity index (χ3v) is 2.55. The Labute approximate surface area is 89.6 Å². The molecule has 3 nitrogen and oxygen atoms in total. The molecule has 0 fully saturated rings. The van der Waals surface area contributed by atoms with Crippen molar-refractivity contribution in [3.63, 3.8) is 0 Å². The van der Waals surface area contributed by atoms with Gasteiger partial charge in [0.15, 0.2) is 11.3 Å². The summed E-state index contributed by atoms with van der Waals surface area (Å²) in [6, 6.07) is 9.35. The molecule has 0 saturated carbocycles. The summed E-state index contributed by atoms with van der Waals surface area (Å²) in [4.78, 5) is 14.1. The minimum Gasteiger partial charge on any atom is -0.449 e. The lowest BCUT2D eigenvalue weighted by Crippen LogP contribution is -1.81. The molecule has 1 N–H and O–H groups in total. The minimum absolute atomic E-state index is 0.170. The van der Waals surface area contributed by atoms with Crippen LogP contribution in [0.4, 0.5) is 0 Å². The van der Waals surface area contributed by atoms with Gasteiger partial charge in [0.25, 0.3) is 5.24 Å². The Balaban J connectivity index is 2.42. The molecule has 0 bridgehead atoms. The molecule has 0 atom stereocenters. The SMILES string of the molecule is O=C(Cl)c1cc2[nH]c3ccccc3c2o1. The lowest BCUT2D eigenvalue weighted by molar-refractivity contribution is 0.105. The molecule has 0 spiro atoms. The highest BCUT2D eigenvalue weighted by molar-refractivity contribution is 6.67. The Kier molecular flexibility index (Phi) is 1.64. The number of para-hydroxylation sites is 1. The van der Waals surface area contributed by atoms with Gasteiger partial charge in [-0.05, 0) is 23.7 Å². The van der Waals surface area contributed by atoms with Crippen LogP contribution in [-0.4, -0.2) is 10.2 Å². The fourth-order valence-corrected chi connectivity index (χ4v) is 1.81. The zero-order valence-electron chi connectivity index (χ0n) is 7.58. The van der Waals surface area contributed by atoms with Crippen molar-refractivity contribution in [2.75, 3.05) is 0 Å². The van der Waals surface area contributed by atoms with Gasteiger partial charge in [-0.1, -0.05) is 12.1 Å². The second-order valence-corrected chi connectivity index (χ2v) is 3.64. The van der Waals surface area contributed by atoms with Crippen LogP contribution >= 0.6 is 11.6 Å². The maximum Gasteiger partial charge on any atom is 0.287 e. The summed E-state index contributed by atoms with van der Waals surface area (Å²) in [5.74, 6) is 0.170. The quantitative estimate of drug-likeness (QED) is 0.639. The summed E-state index contributed by atoms with van der Waals surface area (Å²) in [6.07, 6.45) is 0. The fourth-order valence-electron chi connectivity index (χ4n) is 1.72. The summed E-state index contributed by atoms with van der Waals surface area (Å²) in [6.45, 7) is 0. The number of fused-ring (bicyclic) bond motifs is 3. The van der Waals surface area contributed by atoms with Crippen molar-refractivity contribution in [2.45, 2.75) is 0 Å². The van der Waals surface area contributed by atoms with E-state index in [1.165, 1.54) is 0 Å². The van der Waals surface area contributed by atoms with Crippen LogP contribution in [0.1, 0.15) is 10.6 Å². The molecule has 74 valence electrons. The molecule has 0 radical (unpaired) electrons. The molecule has 3 rings (SSSR count). The number of carbonyl (C=O) groups is 1. The number of furan rings is 1. The van der Waals surface area contributed by atoms with Gasteiger partial charge in [0.05, 0.1) is 5.52 Å². The standard InChI is InChI=1S/C11H6ClNO2/c12-11(14)9-5-8-10(15-9)6-3-1-2-4-7(6)13-8/h1-5,13H. The normalized spacial score (nSPS) is 11.3. The van der Waals surface area contributed by atoms with Crippen molar-refractivity contribution in [3.05, 3.63) is 36.1 Å². The van der Waals surface area contributed by atoms with E-state index in [0.29, 0.717) is 5.58 Å². The Morgan fingerprint density at radius 3 is 2.87 bits per heavy atom. The molecule has 15 heavy (non-hydrogen) atoms. The van der Waals surface area contributed by atoms with E-state index in [0.717, 1.165) is 16.4 Å². The van der Waals surface area contributed by atoms with Crippen LogP contribution in [0.5, 0.6) is 0 Å². The summed E-state index contributed by atoms with van der Waals surface area (Å²) < 4.78 is 5.37. The number of carbonyl (C=O) groups excluding carboxylic acids is 1. The molecule has 2 heterocycles. The average Bonchev–Trinajstić information content (AvgIpc) is 2.73. The van der Waals surface area contributed by atoms with Crippen molar-refractivity contribution in [1.29, 1.82) is 0 Å². The smallest absolute Gasteiger partial charge is 0.287 e. The van der Waals surface area contributed by atoms with E-state index >= 15 is 0 Å². The van der Waals surface area contributed by atoms with Gasteiger partial charge in [-0.25, -0.2) is 0 Å². The van der Waals surface area contributed by atoms with Gasteiger partial charge < -0.3 is 9.40 Å². The van der Waals surface area contributed by atoms with Gasteiger partial charge in [-0.3, -0.25) is 4.79 Å². The van der Waals surface area contributed by atoms with Gasteiger partial charge >= 0.3 is 0 Å². The van der Waals surface area contributed by atoms with Crippen LogP contribution in [0.15, 0.2) is 34.7 Å². The highest BCUT2D eigenvalue weighted by Gasteiger charge is 2.13. The lowest BCUT2D eigenvalue weighted by atomic mass is 10.2. The van der Waals surface area contributed by atoms with Crippen LogP contribution in [0.2, 0.25) is 0 Å². The van der Waals surface area contributed by atoms with Crippen molar-refractivity contribution in [1.82, 2.24) is 4.98 Å². The third-order valence-electron chi connectivity index (χ3n) is 2.37. The summed E-state index contributed by atoms with van der Waals surface area (Å²) >= 11 is 5.34. The molecule has 0 aliphatic carbocycles. The third kappa shape index (κ3) is 1.17. The second kappa shape index (κ2) is 2.87. The van der Waals surface area contributed by atoms with E-state index in [2.05, 4.69) is 4.98 Å². The van der Waals surface area contributed by atoms with E-state index in [-0.39, 0.29) is 5.76 Å². The number of aromatic amines is 1. The summed E-state index contributed by atoms with van der Waals surface area (Å²) in [7, 11) is 0. The number of hydrogen-bond acceptors (Lipinski definition) is 2. The molecule has 2 aromatic heterocycles. The van der Waals surface area contributed by atoms with Crippen molar-refractivity contribution in [3.8, 4) is 0 Å². The van der Waals surface area contributed by atoms with Gasteiger partial charge in [0.2, 0.25) is 0 Å². The molecule has 0 aliphatic rings. The topological polar surface area (TPSA) is 46.0 Å². The van der Waals surface area contributed by atoms with E-state index < -0.39 is 5.24 Å². The molecule has 3 aromatic rings. The Hall–Kier alpha value is -1.74. The van der Waals surface area contributed by atoms with E-state index in [4.69, 9.17) is 16.0 Å². The van der Waals surface area contributed by atoms with E-state index in [9.17, 15) is 4.79 Å². The number of nitrogens with one attached hydrogen (secondary N) is 1. The monoisotopic (exact) mass is 219 g/mol. The summed E-state index contributed by atoms with van der Waals surface area (Å²) in [5, 5.41) is 0.375.